The van der Waals surface area contributed by atoms with Crippen LogP contribution in [0.25, 0.3) is 0 Å². The summed E-state index contributed by atoms with van der Waals surface area (Å²) in [7, 11) is 0. The van der Waals surface area contributed by atoms with E-state index in [0.717, 1.165) is 23.5 Å². The van der Waals surface area contributed by atoms with Crippen LogP contribution in [0.5, 0.6) is 0 Å². The molecule has 1 aromatic carbocycles. The Morgan fingerprint density at radius 2 is 1.94 bits per heavy atom. The zero-order chi connectivity index (χ0) is 11.6. The second-order valence-electron chi connectivity index (χ2n) is 4.45. The van der Waals surface area contributed by atoms with Gasteiger partial charge < -0.3 is 16.8 Å². The summed E-state index contributed by atoms with van der Waals surface area (Å²) in [5.41, 5.74) is 14.3. The largest absolute Gasteiger partial charge is 0.399 e. The molecule has 0 aromatic heterocycles. The molecule has 84 valence electrons. The monoisotopic (exact) mass is 215 g/mol. The number of nitrogens with one attached hydrogen (secondary N) is 1. The summed E-state index contributed by atoms with van der Waals surface area (Å²) >= 11 is 0. The van der Waals surface area contributed by atoms with Gasteiger partial charge >= 0.3 is 0 Å². The van der Waals surface area contributed by atoms with Crippen molar-refractivity contribution < 1.29 is 0 Å². The van der Waals surface area contributed by atoms with Crippen LogP contribution in [-0.4, -0.2) is 5.54 Å². The lowest BCUT2D eigenvalue weighted by Crippen LogP contribution is -2.34. The molecular weight excluding hydrogens is 198 g/mol. The predicted molar refractivity (Wildman–Crippen MR) is 68.9 cm³/mol. The number of allylic oxidation sites excluding steroid dienone is 1. The van der Waals surface area contributed by atoms with Crippen molar-refractivity contribution >= 4 is 11.4 Å². The van der Waals surface area contributed by atoms with Crippen molar-refractivity contribution in [2.75, 3.05) is 11.1 Å². The van der Waals surface area contributed by atoms with Crippen LogP contribution >= 0.6 is 0 Å². The summed E-state index contributed by atoms with van der Waals surface area (Å²) in [5.74, 6) is 0. The number of hydrogen-bond donors (Lipinski definition) is 3. The molecule has 0 amide bonds. The van der Waals surface area contributed by atoms with Crippen LogP contribution in [0.15, 0.2) is 48.2 Å². The van der Waals surface area contributed by atoms with Crippen LogP contribution in [-0.2, 0) is 0 Å². The predicted octanol–water partition coefficient (Wildman–Crippen LogP) is 2.24. The zero-order valence-corrected chi connectivity index (χ0v) is 9.40. The molecule has 5 N–H and O–H groups in total. The topological polar surface area (TPSA) is 64.1 Å². The van der Waals surface area contributed by atoms with Gasteiger partial charge in [-0.25, -0.2) is 0 Å². The van der Waals surface area contributed by atoms with Crippen LogP contribution in [0.4, 0.5) is 11.4 Å². The first-order valence-corrected chi connectivity index (χ1v) is 5.36. The third-order valence-electron chi connectivity index (χ3n) is 2.60. The fourth-order valence-corrected chi connectivity index (χ4v) is 1.57. The molecule has 1 aromatic rings. The second kappa shape index (κ2) is 4.02. The van der Waals surface area contributed by atoms with E-state index in [4.69, 9.17) is 11.5 Å². The SMILES string of the molecule is CC1(N)C=CC(Nc2ccc(N)cc2)=CC1. The van der Waals surface area contributed by atoms with Crippen molar-refractivity contribution in [2.45, 2.75) is 18.9 Å². The molecule has 3 heteroatoms. The Hall–Kier alpha value is -1.74. The molecule has 1 aliphatic carbocycles. The summed E-state index contributed by atoms with van der Waals surface area (Å²) in [5, 5.41) is 3.31. The van der Waals surface area contributed by atoms with E-state index in [1.54, 1.807) is 0 Å². The summed E-state index contributed by atoms with van der Waals surface area (Å²) in [6.45, 7) is 2.01. The molecule has 0 spiro atoms. The van der Waals surface area contributed by atoms with Crippen molar-refractivity contribution in [1.82, 2.24) is 0 Å². The van der Waals surface area contributed by atoms with Gasteiger partial charge in [0.2, 0.25) is 0 Å². The molecule has 1 aliphatic rings. The molecule has 0 heterocycles. The lowest BCUT2D eigenvalue weighted by molar-refractivity contribution is 0.587. The zero-order valence-electron chi connectivity index (χ0n) is 9.40. The van der Waals surface area contributed by atoms with E-state index in [1.807, 2.05) is 43.3 Å². The van der Waals surface area contributed by atoms with Crippen LogP contribution < -0.4 is 16.8 Å². The molecule has 0 saturated carbocycles. The van der Waals surface area contributed by atoms with Gasteiger partial charge in [0.15, 0.2) is 0 Å². The maximum absolute atomic E-state index is 5.98. The van der Waals surface area contributed by atoms with Crippen molar-refractivity contribution in [2.24, 2.45) is 5.73 Å². The molecule has 1 atom stereocenters. The third kappa shape index (κ3) is 2.64. The van der Waals surface area contributed by atoms with E-state index in [9.17, 15) is 0 Å². The van der Waals surface area contributed by atoms with Gasteiger partial charge in [0.25, 0.3) is 0 Å². The Morgan fingerprint density at radius 1 is 1.25 bits per heavy atom. The van der Waals surface area contributed by atoms with Crippen LogP contribution in [0, 0.1) is 0 Å². The number of hydrogen-bond acceptors (Lipinski definition) is 3. The number of anilines is 2. The Morgan fingerprint density at radius 3 is 2.50 bits per heavy atom. The molecule has 16 heavy (non-hydrogen) atoms. The van der Waals surface area contributed by atoms with Gasteiger partial charge in [0, 0.05) is 22.6 Å². The smallest absolute Gasteiger partial charge is 0.0385 e. The van der Waals surface area contributed by atoms with Crippen molar-refractivity contribution in [3.05, 3.63) is 48.2 Å². The summed E-state index contributed by atoms with van der Waals surface area (Å²) < 4.78 is 0. The lowest BCUT2D eigenvalue weighted by Gasteiger charge is -2.23. The molecule has 0 radical (unpaired) electrons. The number of nitrogen functional groups attached to an aromatic ring is 1. The lowest BCUT2D eigenvalue weighted by atomic mass is 9.94. The summed E-state index contributed by atoms with van der Waals surface area (Å²) in [6, 6.07) is 7.67. The highest BCUT2D eigenvalue weighted by Crippen LogP contribution is 2.20. The number of nitrogens with two attached hydrogens (primary N) is 2. The van der Waals surface area contributed by atoms with E-state index < -0.39 is 0 Å². The van der Waals surface area contributed by atoms with Gasteiger partial charge in [-0.3, -0.25) is 0 Å². The molecular formula is C13H17N3. The summed E-state index contributed by atoms with van der Waals surface area (Å²) in [4.78, 5) is 0. The van der Waals surface area contributed by atoms with Gasteiger partial charge in [0.05, 0.1) is 0 Å². The first-order valence-electron chi connectivity index (χ1n) is 5.36. The average molecular weight is 215 g/mol. The van der Waals surface area contributed by atoms with E-state index in [2.05, 4.69) is 11.4 Å². The van der Waals surface area contributed by atoms with Gasteiger partial charge in [-0.2, -0.15) is 0 Å². The molecule has 1 unspecified atom stereocenters. The van der Waals surface area contributed by atoms with Crippen molar-refractivity contribution in [3.63, 3.8) is 0 Å². The van der Waals surface area contributed by atoms with Gasteiger partial charge in [-0.1, -0.05) is 12.2 Å². The highest BCUT2D eigenvalue weighted by molar-refractivity contribution is 5.56. The van der Waals surface area contributed by atoms with E-state index in [-0.39, 0.29) is 5.54 Å². The van der Waals surface area contributed by atoms with E-state index >= 15 is 0 Å². The molecule has 0 saturated heterocycles. The Kier molecular flexibility index (Phi) is 2.71. The van der Waals surface area contributed by atoms with Gasteiger partial charge in [-0.15, -0.1) is 0 Å². The fourth-order valence-electron chi connectivity index (χ4n) is 1.57. The van der Waals surface area contributed by atoms with Gasteiger partial charge in [-0.05, 0) is 43.7 Å². The Balaban J connectivity index is 2.05. The molecule has 0 fully saturated rings. The van der Waals surface area contributed by atoms with E-state index in [0.29, 0.717) is 0 Å². The highest BCUT2D eigenvalue weighted by Gasteiger charge is 2.16. The van der Waals surface area contributed by atoms with E-state index in [1.165, 1.54) is 0 Å². The normalized spacial score (nSPS) is 24.0. The Bertz CT molecular complexity index is 427. The Labute approximate surface area is 95.8 Å². The standard InChI is InChI=1S/C13H17N3/c1-13(15)8-6-12(7-9-13)16-11-4-2-10(14)3-5-11/h2-8,16H,9,14-15H2,1H3. The minimum absolute atomic E-state index is 0.216. The van der Waals surface area contributed by atoms with Crippen molar-refractivity contribution in [3.8, 4) is 0 Å². The quantitative estimate of drug-likeness (QED) is 0.663. The molecule has 0 bridgehead atoms. The number of rotatable bonds is 2. The fraction of sp³-hybridized carbons (Fsp3) is 0.231. The van der Waals surface area contributed by atoms with Crippen LogP contribution in [0.1, 0.15) is 13.3 Å². The highest BCUT2D eigenvalue weighted by atomic mass is 14.9. The first-order chi connectivity index (χ1) is 7.55. The van der Waals surface area contributed by atoms with Crippen LogP contribution in [0.3, 0.4) is 0 Å². The molecule has 2 rings (SSSR count). The van der Waals surface area contributed by atoms with Crippen LogP contribution in [0.2, 0.25) is 0 Å². The average Bonchev–Trinajstić information content (AvgIpc) is 2.24. The van der Waals surface area contributed by atoms with Crippen molar-refractivity contribution in [1.29, 1.82) is 0 Å². The third-order valence-corrected chi connectivity index (χ3v) is 2.60. The first kappa shape index (κ1) is 10.8. The molecule has 0 aliphatic heterocycles. The van der Waals surface area contributed by atoms with Gasteiger partial charge in [0.1, 0.15) is 0 Å². The number of benzene rings is 1. The minimum Gasteiger partial charge on any atom is -0.399 e. The summed E-state index contributed by atoms with van der Waals surface area (Å²) in [6.07, 6.45) is 6.99. The molecule has 3 nitrogen and oxygen atoms in total. The maximum Gasteiger partial charge on any atom is 0.0385 e. The maximum atomic E-state index is 5.98. The second-order valence-corrected chi connectivity index (χ2v) is 4.45. The minimum atomic E-state index is -0.216.